The number of esters is 1. The second kappa shape index (κ2) is 9.71. The van der Waals surface area contributed by atoms with Crippen molar-refractivity contribution in [1.82, 2.24) is 9.97 Å². The fourth-order valence-corrected chi connectivity index (χ4v) is 3.06. The van der Waals surface area contributed by atoms with Gasteiger partial charge in [0.05, 0.1) is 0 Å². The van der Waals surface area contributed by atoms with E-state index in [-0.39, 0.29) is 6.42 Å². The molecule has 0 spiro atoms. The van der Waals surface area contributed by atoms with Gasteiger partial charge in [-0.05, 0) is 63.3 Å². The molecule has 1 heterocycles. The molecule has 0 aliphatic rings. The van der Waals surface area contributed by atoms with Gasteiger partial charge in [0.15, 0.2) is 11.3 Å². The van der Waals surface area contributed by atoms with Crippen LogP contribution in [-0.4, -0.2) is 34.2 Å². The number of carbonyl (C=O) groups excluding carboxylic acids is 2. The summed E-state index contributed by atoms with van der Waals surface area (Å²) in [6.45, 7) is 5.34. The lowest BCUT2D eigenvalue weighted by atomic mass is 10.1. The summed E-state index contributed by atoms with van der Waals surface area (Å²) in [4.78, 5) is 33.0. The molecule has 144 valence electrons. The predicted molar refractivity (Wildman–Crippen MR) is 107 cm³/mol. The quantitative estimate of drug-likeness (QED) is 0.425. The Labute approximate surface area is 168 Å². The van der Waals surface area contributed by atoms with Gasteiger partial charge >= 0.3 is 5.97 Å². The molecule has 0 fully saturated rings. The van der Waals surface area contributed by atoms with E-state index < -0.39 is 18.0 Å². The predicted octanol–water partition coefficient (Wildman–Crippen LogP) is 3.97. The fourth-order valence-electron chi connectivity index (χ4n) is 2.48. The molecular weight excluding hydrogens is 386 g/mol. The molecule has 1 aromatic heterocycles. The van der Waals surface area contributed by atoms with Crippen LogP contribution in [0.15, 0.2) is 29.4 Å². The van der Waals surface area contributed by atoms with E-state index in [0.29, 0.717) is 22.3 Å². The first-order valence-electron chi connectivity index (χ1n) is 8.44. The smallest absolute Gasteiger partial charge is 0.306 e. The number of amides is 1. The lowest BCUT2D eigenvalue weighted by Gasteiger charge is -2.14. The van der Waals surface area contributed by atoms with E-state index in [1.807, 2.05) is 20.1 Å². The van der Waals surface area contributed by atoms with Crippen LogP contribution in [0.2, 0.25) is 5.02 Å². The normalized spacial score (nSPS) is 11.7. The Morgan fingerprint density at radius 1 is 1.19 bits per heavy atom. The molecule has 0 radical (unpaired) electrons. The molecule has 2 rings (SSSR count). The summed E-state index contributed by atoms with van der Waals surface area (Å²) in [7, 11) is 0. The molecule has 6 nitrogen and oxygen atoms in total. The van der Waals surface area contributed by atoms with Gasteiger partial charge < -0.3 is 10.1 Å². The number of carbonyl (C=O) groups is 2. The summed E-state index contributed by atoms with van der Waals surface area (Å²) in [5.41, 5.74) is 3.23. The summed E-state index contributed by atoms with van der Waals surface area (Å²) in [6.07, 6.45) is 1.64. The van der Waals surface area contributed by atoms with Crippen molar-refractivity contribution < 1.29 is 14.3 Å². The summed E-state index contributed by atoms with van der Waals surface area (Å²) in [6, 6.07) is 6.70. The van der Waals surface area contributed by atoms with E-state index in [1.54, 1.807) is 24.3 Å². The lowest BCUT2D eigenvalue weighted by molar-refractivity contribution is -0.153. The fraction of sp³-hybridized carbons (Fsp3) is 0.368. The maximum atomic E-state index is 12.1. The number of anilines is 1. The number of aromatic nitrogens is 2. The zero-order valence-electron chi connectivity index (χ0n) is 15.7. The van der Waals surface area contributed by atoms with Crippen LogP contribution >= 0.6 is 23.4 Å². The largest absolute Gasteiger partial charge is 0.453 e. The van der Waals surface area contributed by atoms with Crippen LogP contribution in [0.1, 0.15) is 30.3 Å². The summed E-state index contributed by atoms with van der Waals surface area (Å²) >= 11 is 7.29. The Bertz CT molecular complexity index is 804. The van der Waals surface area contributed by atoms with Gasteiger partial charge in [0.1, 0.15) is 0 Å². The molecule has 1 amide bonds. The highest BCUT2D eigenvalue weighted by Crippen LogP contribution is 2.18. The molecule has 0 saturated carbocycles. The molecule has 2 aromatic rings. The van der Waals surface area contributed by atoms with E-state index in [9.17, 15) is 9.59 Å². The standard InChI is InChI=1S/C19H22ClN3O3S/c1-11-16(12(2)22-19(21-11)27-4)9-10-17(24)26-13(3)18(25)23-15-7-5-14(20)6-8-15/h5-8,13H,9-10H2,1-4H3,(H,23,25)/t13-/m1/s1. The molecular formula is C19H22ClN3O3S. The number of nitrogens with zero attached hydrogens (tertiary/aromatic N) is 2. The van der Waals surface area contributed by atoms with Crippen molar-refractivity contribution in [2.24, 2.45) is 0 Å². The van der Waals surface area contributed by atoms with Crippen LogP contribution in [0.25, 0.3) is 0 Å². The topological polar surface area (TPSA) is 81.2 Å². The van der Waals surface area contributed by atoms with Crippen molar-refractivity contribution in [3.05, 3.63) is 46.2 Å². The average Bonchev–Trinajstić information content (AvgIpc) is 2.62. The second-order valence-corrected chi connectivity index (χ2v) is 7.20. The van der Waals surface area contributed by atoms with Crippen LogP contribution in [0.5, 0.6) is 0 Å². The third-order valence-electron chi connectivity index (χ3n) is 3.95. The highest BCUT2D eigenvalue weighted by molar-refractivity contribution is 7.98. The third kappa shape index (κ3) is 6.22. The number of nitrogens with one attached hydrogen (secondary N) is 1. The second-order valence-electron chi connectivity index (χ2n) is 5.99. The van der Waals surface area contributed by atoms with Gasteiger partial charge in [0.2, 0.25) is 0 Å². The molecule has 1 N–H and O–H groups in total. The number of ether oxygens (including phenoxy) is 1. The summed E-state index contributed by atoms with van der Waals surface area (Å²) < 4.78 is 5.23. The van der Waals surface area contributed by atoms with Crippen LogP contribution in [0, 0.1) is 13.8 Å². The highest BCUT2D eigenvalue weighted by Gasteiger charge is 2.19. The van der Waals surface area contributed by atoms with Gasteiger partial charge in [-0.3, -0.25) is 9.59 Å². The number of benzene rings is 1. The van der Waals surface area contributed by atoms with Crippen molar-refractivity contribution in [2.45, 2.75) is 44.9 Å². The number of aryl methyl sites for hydroxylation is 2. The molecule has 1 aromatic carbocycles. The molecule has 1 atom stereocenters. The number of halogens is 1. The first-order chi connectivity index (χ1) is 12.8. The van der Waals surface area contributed by atoms with E-state index in [1.165, 1.54) is 18.7 Å². The van der Waals surface area contributed by atoms with E-state index in [0.717, 1.165) is 17.0 Å². The maximum Gasteiger partial charge on any atom is 0.306 e. The van der Waals surface area contributed by atoms with Crippen LogP contribution < -0.4 is 5.32 Å². The number of thioether (sulfide) groups is 1. The van der Waals surface area contributed by atoms with Crippen molar-refractivity contribution >= 4 is 40.9 Å². The number of rotatable bonds is 7. The first kappa shape index (κ1) is 21.2. The zero-order valence-corrected chi connectivity index (χ0v) is 17.3. The van der Waals surface area contributed by atoms with Crippen LogP contribution in [-0.2, 0) is 20.7 Å². The van der Waals surface area contributed by atoms with E-state index >= 15 is 0 Å². The molecule has 8 heteroatoms. The number of hydrogen-bond acceptors (Lipinski definition) is 6. The molecule has 0 bridgehead atoms. The average molecular weight is 408 g/mol. The monoisotopic (exact) mass is 407 g/mol. The summed E-state index contributed by atoms with van der Waals surface area (Å²) in [5, 5.41) is 3.97. The molecule has 0 unspecified atom stereocenters. The Balaban J connectivity index is 1.88. The highest BCUT2D eigenvalue weighted by atomic mass is 35.5. The zero-order chi connectivity index (χ0) is 20.0. The van der Waals surface area contributed by atoms with Crippen LogP contribution in [0.3, 0.4) is 0 Å². The van der Waals surface area contributed by atoms with Gasteiger partial charge in [0.25, 0.3) is 5.91 Å². The van der Waals surface area contributed by atoms with Crippen molar-refractivity contribution in [1.29, 1.82) is 0 Å². The van der Waals surface area contributed by atoms with Crippen molar-refractivity contribution in [3.8, 4) is 0 Å². The Hall–Kier alpha value is -2.12. The minimum Gasteiger partial charge on any atom is -0.453 e. The van der Waals surface area contributed by atoms with Gasteiger partial charge in [-0.1, -0.05) is 23.4 Å². The van der Waals surface area contributed by atoms with Crippen molar-refractivity contribution in [2.75, 3.05) is 11.6 Å². The first-order valence-corrected chi connectivity index (χ1v) is 10.0. The van der Waals surface area contributed by atoms with E-state index in [4.69, 9.17) is 16.3 Å². The van der Waals surface area contributed by atoms with E-state index in [2.05, 4.69) is 15.3 Å². The molecule has 27 heavy (non-hydrogen) atoms. The molecule has 0 saturated heterocycles. The SMILES string of the molecule is CSc1nc(C)c(CCC(=O)O[C@H](C)C(=O)Nc2ccc(Cl)cc2)c(C)n1. The lowest BCUT2D eigenvalue weighted by Crippen LogP contribution is -2.30. The summed E-state index contributed by atoms with van der Waals surface area (Å²) in [5.74, 6) is -0.841. The van der Waals surface area contributed by atoms with Gasteiger partial charge in [0, 0.05) is 28.5 Å². The van der Waals surface area contributed by atoms with Gasteiger partial charge in [-0.15, -0.1) is 0 Å². The van der Waals surface area contributed by atoms with Crippen LogP contribution in [0.4, 0.5) is 5.69 Å². The maximum absolute atomic E-state index is 12.1. The third-order valence-corrected chi connectivity index (χ3v) is 4.75. The van der Waals surface area contributed by atoms with Gasteiger partial charge in [-0.2, -0.15) is 0 Å². The minimum atomic E-state index is -0.898. The molecule has 0 aliphatic heterocycles. The molecule has 0 aliphatic carbocycles. The van der Waals surface area contributed by atoms with Gasteiger partial charge in [-0.25, -0.2) is 9.97 Å². The van der Waals surface area contributed by atoms with Crippen molar-refractivity contribution in [3.63, 3.8) is 0 Å². The Kier molecular flexibility index (Phi) is 7.62. The Morgan fingerprint density at radius 3 is 2.33 bits per heavy atom. The number of hydrogen-bond donors (Lipinski definition) is 1. The Morgan fingerprint density at radius 2 is 1.78 bits per heavy atom. The minimum absolute atomic E-state index is 0.155.